The first-order valence-electron chi connectivity index (χ1n) is 7.88. The van der Waals surface area contributed by atoms with Crippen molar-refractivity contribution >= 4 is 11.6 Å². The average Bonchev–Trinajstić information content (AvgIpc) is 3.03. The van der Waals surface area contributed by atoms with Crippen LogP contribution in [-0.4, -0.2) is 30.7 Å². The fraction of sp³-hybridized carbons (Fsp3) is 0.588. The van der Waals surface area contributed by atoms with Gasteiger partial charge in [0.05, 0.1) is 0 Å². The molecule has 21 heavy (non-hydrogen) atoms. The van der Waals surface area contributed by atoms with Crippen LogP contribution in [0.3, 0.4) is 0 Å². The Kier molecular flexibility index (Phi) is 4.00. The molecule has 0 bridgehead atoms. The summed E-state index contributed by atoms with van der Waals surface area (Å²) in [4.78, 5) is 14.6. The molecule has 3 atom stereocenters. The zero-order valence-electron chi connectivity index (χ0n) is 12.8. The highest BCUT2D eigenvalue weighted by atomic mass is 16.5. The molecule has 2 aliphatic rings. The van der Waals surface area contributed by atoms with E-state index in [2.05, 4.69) is 25.1 Å². The molecule has 0 spiro atoms. The van der Waals surface area contributed by atoms with Gasteiger partial charge in [0, 0.05) is 24.4 Å². The summed E-state index contributed by atoms with van der Waals surface area (Å²) in [6, 6.07) is 6.74. The molecule has 114 valence electrons. The maximum Gasteiger partial charge on any atom is 0.256 e. The molecule has 0 aromatic heterocycles. The Morgan fingerprint density at radius 1 is 1.52 bits per heavy atom. The Morgan fingerprint density at radius 3 is 3.00 bits per heavy atom. The largest absolute Gasteiger partial charge is 0.368 e. The number of anilines is 1. The van der Waals surface area contributed by atoms with Crippen molar-refractivity contribution in [2.24, 2.45) is 5.73 Å². The third-order valence-electron chi connectivity index (χ3n) is 4.36. The van der Waals surface area contributed by atoms with E-state index in [1.807, 2.05) is 11.8 Å². The minimum atomic E-state index is -0.248. The highest BCUT2D eigenvalue weighted by Crippen LogP contribution is 2.34. The maximum absolute atomic E-state index is 12.7. The van der Waals surface area contributed by atoms with E-state index in [0.29, 0.717) is 6.61 Å². The fourth-order valence-electron chi connectivity index (χ4n) is 3.45. The van der Waals surface area contributed by atoms with E-state index in [9.17, 15) is 4.79 Å². The van der Waals surface area contributed by atoms with Gasteiger partial charge in [-0.15, -0.1) is 0 Å². The van der Waals surface area contributed by atoms with Crippen molar-refractivity contribution < 1.29 is 9.53 Å². The summed E-state index contributed by atoms with van der Waals surface area (Å²) in [5.41, 5.74) is 9.44. The Bertz CT molecular complexity index is 536. The van der Waals surface area contributed by atoms with Gasteiger partial charge >= 0.3 is 0 Å². The number of benzene rings is 1. The Morgan fingerprint density at radius 2 is 2.33 bits per heavy atom. The van der Waals surface area contributed by atoms with Crippen LogP contribution in [0.1, 0.15) is 37.8 Å². The Hall–Kier alpha value is -1.39. The zero-order chi connectivity index (χ0) is 15.0. The van der Waals surface area contributed by atoms with Crippen LogP contribution in [0.25, 0.3) is 0 Å². The molecule has 2 heterocycles. The lowest BCUT2D eigenvalue weighted by Crippen LogP contribution is -2.42. The van der Waals surface area contributed by atoms with Crippen molar-refractivity contribution in [3.63, 3.8) is 0 Å². The van der Waals surface area contributed by atoms with E-state index in [-0.39, 0.29) is 24.1 Å². The molecule has 0 saturated carbocycles. The third-order valence-corrected chi connectivity index (χ3v) is 4.36. The van der Waals surface area contributed by atoms with Gasteiger partial charge in [-0.05, 0) is 56.7 Å². The molecular weight excluding hydrogens is 264 g/mol. The van der Waals surface area contributed by atoms with E-state index >= 15 is 0 Å². The minimum Gasteiger partial charge on any atom is -0.368 e. The van der Waals surface area contributed by atoms with Crippen molar-refractivity contribution in [1.29, 1.82) is 0 Å². The van der Waals surface area contributed by atoms with Crippen LogP contribution in [-0.2, 0) is 22.4 Å². The monoisotopic (exact) mass is 288 g/mol. The fourth-order valence-corrected chi connectivity index (χ4v) is 3.45. The van der Waals surface area contributed by atoms with Crippen molar-refractivity contribution in [2.75, 3.05) is 11.5 Å². The SMILES string of the molecule is CC(N)Cc1ccc2c(c1)CC(C)N2C(=O)C1CCCO1. The van der Waals surface area contributed by atoms with Crippen LogP contribution >= 0.6 is 0 Å². The summed E-state index contributed by atoms with van der Waals surface area (Å²) in [6.07, 6.45) is 3.38. The van der Waals surface area contributed by atoms with E-state index in [1.165, 1.54) is 11.1 Å². The number of hydrogen-bond donors (Lipinski definition) is 1. The molecule has 4 nitrogen and oxygen atoms in total. The molecule has 1 aromatic rings. The molecule has 2 aliphatic heterocycles. The van der Waals surface area contributed by atoms with E-state index in [4.69, 9.17) is 10.5 Å². The van der Waals surface area contributed by atoms with Gasteiger partial charge in [0.25, 0.3) is 5.91 Å². The number of hydrogen-bond acceptors (Lipinski definition) is 3. The summed E-state index contributed by atoms with van der Waals surface area (Å²) < 4.78 is 5.56. The van der Waals surface area contributed by atoms with Gasteiger partial charge < -0.3 is 15.4 Å². The number of fused-ring (bicyclic) bond motifs is 1. The van der Waals surface area contributed by atoms with Crippen molar-refractivity contribution in [2.45, 2.75) is 57.7 Å². The van der Waals surface area contributed by atoms with Crippen LogP contribution in [0.15, 0.2) is 18.2 Å². The Balaban J connectivity index is 1.84. The van der Waals surface area contributed by atoms with Gasteiger partial charge in [-0.2, -0.15) is 0 Å². The molecule has 4 heteroatoms. The van der Waals surface area contributed by atoms with Gasteiger partial charge in [0.15, 0.2) is 0 Å². The molecule has 0 radical (unpaired) electrons. The number of carbonyl (C=O) groups excluding carboxylic acids is 1. The van der Waals surface area contributed by atoms with E-state index in [0.717, 1.165) is 31.4 Å². The second kappa shape index (κ2) is 5.78. The van der Waals surface area contributed by atoms with Crippen molar-refractivity contribution in [3.05, 3.63) is 29.3 Å². The average molecular weight is 288 g/mol. The summed E-state index contributed by atoms with van der Waals surface area (Å²) in [7, 11) is 0. The molecule has 2 N–H and O–H groups in total. The van der Waals surface area contributed by atoms with E-state index in [1.54, 1.807) is 0 Å². The van der Waals surface area contributed by atoms with Crippen LogP contribution in [0, 0.1) is 0 Å². The first kappa shape index (κ1) is 14.5. The molecule has 3 unspecified atom stereocenters. The predicted octanol–water partition coefficient (Wildman–Crippen LogP) is 2.03. The number of nitrogens with zero attached hydrogens (tertiary/aromatic N) is 1. The minimum absolute atomic E-state index is 0.124. The summed E-state index contributed by atoms with van der Waals surface area (Å²) in [5, 5.41) is 0. The molecule has 1 aromatic carbocycles. The van der Waals surface area contributed by atoms with Crippen LogP contribution in [0.2, 0.25) is 0 Å². The summed E-state index contributed by atoms with van der Waals surface area (Å²) >= 11 is 0. The van der Waals surface area contributed by atoms with Crippen LogP contribution in [0.5, 0.6) is 0 Å². The van der Waals surface area contributed by atoms with Gasteiger partial charge in [0.1, 0.15) is 6.10 Å². The lowest BCUT2D eigenvalue weighted by molar-refractivity contribution is -0.127. The number of rotatable bonds is 3. The quantitative estimate of drug-likeness (QED) is 0.926. The second-order valence-electron chi connectivity index (χ2n) is 6.41. The third kappa shape index (κ3) is 2.83. The van der Waals surface area contributed by atoms with Crippen molar-refractivity contribution in [3.8, 4) is 0 Å². The molecule has 3 rings (SSSR count). The van der Waals surface area contributed by atoms with Crippen LogP contribution < -0.4 is 10.6 Å². The normalized spacial score (nSPS) is 26.0. The lowest BCUT2D eigenvalue weighted by atomic mass is 10.0. The molecular formula is C17H24N2O2. The van der Waals surface area contributed by atoms with Gasteiger partial charge in [0.2, 0.25) is 0 Å². The second-order valence-corrected chi connectivity index (χ2v) is 6.41. The summed E-state index contributed by atoms with van der Waals surface area (Å²) in [6.45, 7) is 4.83. The zero-order valence-corrected chi connectivity index (χ0v) is 12.8. The molecule has 1 amide bonds. The molecule has 1 fully saturated rings. The number of ether oxygens (including phenoxy) is 1. The maximum atomic E-state index is 12.7. The standard InChI is InChI=1S/C17H24N2O2/c1-11(18)8-13-5-6-15-14(10-13)9-12(2)19(15)17(20)16-4-3-7-21-16/h5-6,10-12,16H,3-4,7-9,18H2,1-2H3. The van der Waals surface area contributed by atoms with Gasteiger partial charge in [-0.25, -0.2) is 0 Å². The van der Waals surface area contributed by atoms with Gasteiger partial charge in [-0.1, -0.05) is 12.1 Å². The van der Waals surface area contributed by atoms with Crippen LogP contribution in [0.4, 0.5) is 5.69 Å². The smallest absolute Gasteiger partial charge is 0.256 e. The highest BCUT2D eigenvalue weighted by Gasteiger charge is 2.36. The lowest BCUT2D eigenvalue weighted by Gasteiger charge is -2.25. The molecule has 1 saturated heterocycles. The summed E-state index contributed by atoms with van der Waals surface area (Å²) in [5.74, 6) is 0.124. The van der Waals surface area contributed by atoms with Gasteiger partial charge in [-0.3, -0.25) is 4.79 Å². The first-order chi connectivity index (χ1) is 10.1. The first-order valence-corrected chi connectivity index (χ1v) is 7.88. The predicted molar refractivity (Wildman–Crippen MR) is 83.4 cm³/mol. The number of nitrogens with two attached hydrogens (primary N) is 1. The topological polar surface area (TPSA) is 55.6 Å². The van der Waals surface area contributed by atoms with E-state index < -0.39 is 0 Å². The number of amides is 1. The molecule has 0 aliphatic carbocycles. The van der Waals surface area contributed by atoms with Crippen molar-refractivity contribution in [1.82, 2.24) is 0 Å². The number of carbonyl (C=O) groups is 1. The highest BCUT2D eigenvalue weighted by molar-refractivity contribution is 5.99. The Labute approximate surface area is 126 Å².